The van der Waals surface area contributed by atoms with Crippen LogP contribution in [0.4, 0.5) is 0 Å². The highest BCUT2D eigenvalue weighted by Crippen LogP contribution is 2.17. The van der Waals surface area contributed by atoms with Gasteiger partial charge < -0.3 is 0 Å². The van der Waals surface area contributed by atoms with Crippen molar-refractivity contribution in [1.82, 2.24) is 14.8 Å². The van der Waals surface area contributed by atoms with Gasteiger partial charge in [0.2, 0.25) is 0 Å². The summed E-state index contributed by atoms with van der Waals surface area (Å²) >= 11 is 1.52. The van der Waals surface area contributed by atoms with E-state index in [9.17, 15) is 4.79 Å². The second-order valence-corrected chi connectivity index (χ2v) is 6.01. The summed E-state index contributed by atoms with van der Waals surface area (Å²) < 4.78 is 1.82. The molecule has 1 N–H and O–H groups in total. The van der Waals surface area contributed by atoms with Crippen LogP contribution < -0.4 is 5.43 Å². The van der Waals surface area contributed by atoms with Gasteiger partial charge in [-0.3, -0.25) is 9.20 Å². The number of hydrazone groups is 1. The SMILES string of the molecule is Cc1nc2sccn2c1C(=O)NN=C1CCCCCC1. The molecule has 1 fully saturated rings. The predicted octanol–water partition coefficient (Wildman–Crippen LogP) is 3.14. The van der Waals surface area contributed by atoms with Crippen molar-refractivity contribution in [3.8, 4) is 0 Å². The molecule has 0 bridgehead atoms. The average molecular weight is 290 g/mol. The summed E-state index contributed by atoms with van der Waals surface area (Å²) in [6.45, 7) is 1.85. The highest BCUT2D eigenvalue weighted by Gasteiger charge is 2.17. The molecular formula is C14H18N4OS. The Morgan fingerprint density at radius 3 is 2.85 bits per heavy atom. The molecule has 0 spiro atoms. The lowest BCUT2D eigenvalue weighted by atomic mass is 10.2. The number of imidazole rings is 1. The molecule has 1 amide bonds. The molecule has 0 saturated heterocycles. The van der Waals surface area contributed by atoms with Gasteiger partial charge in [-0.1, -0.05) is 12.8 Å². The standard InChI is InChI=1S/C14H18N4OS/c1-10-12(18-8-9-20-14(18)15-10)13(19)17-16-11-6-4-2-3-5-7-11/h8-9H,2-7H2,1H3,(H,17,19). The molecule has 106 valence electrons. The number of carbonyl (C=O) groups excluding carboxylic acids is 1. The topological polar surface area (TPSA) is 58.8 Å². The van der Waals surface area contributed by atoms with Crippen LogP contribution in [0.25, 0.3) is 4.96 Å². The molecule has 0 unspecified atom stereocenters. The Balaban J connectivity index is 1.77. The van der Waals surface area contributed by atoms with Gasteiger partial charge in [-0.05, 0) is 32.6 Å². The van der Waals surface area contributed by atoms with E-state index in [1.165, 1.54) is 37.0 Å². The maximum Gasteiger partial charge on any atom is 0.290 e. The van der Waals surface area contributed by atoms with Crippen molar-refractivity contribution in [2.45, 2.75) is 45.4 Å². The number of fused-ring (bicyclic) bond motifs is 1. The number of nitrogens with one attached hydrogen (secondary N) is 1. The zero-order valence-corrected chi connectivity index (χ0v) is 12.4. The second kappa shape index (κ2) is 5.75. The molecule has 2 aromatic heterocycles. The smallest absolute Gasteiger partial charge is 0.286 e. The molecule has 0 aromatic carbocycles. The quantitative estimate of drug-likeness (QED) is 0.682. The van der Waals surface area contributed by atoms with Gasteiger partial charge in [0, 0.05) is 17.3 Å². The van der Waals surface area contributed by atoms with Crippen molar-refractivity contribution in [2.75, 3.05) is 0 Å². The maximum atomic E-state index is 12.3. The molecule has 3 rings (SSSR count). The number of hydrogen-bond donors (Lipinski definition) is 1. The van der Waals surface area contributed by atoms with Gasteiger partial charge in [0.1, 0.15) is 5.69 Å². The van der Waals surface area contributed by atoms with Gasteiger partial charge >= 0.3 is 0 Å². The molecule has 5 nitrogen and oxygen atoms in total. The molecule has 1 saturated carbocycles. The zero-order valence-electron chi connectivity index (χ0n) is 11.6. The minimum Gasteiger partial charge on any atom is -0.286 e. The number of rotatable bonds is 2. The van der Waals surface area contributed by atoms with E-state index in [-0.39, 0.29) is 5.91 Å². The van der Waals surface area contributed by atoms with Crippen molar-refractivity contribution in [2.24, 2.45) is 5.10 Å². The Hall–Kier alpha value is -1.69. The van der Waals surface area contributed by atoms with Crippen LogP contribution in [0.5, 0.6) is 0 Å². The summed E-state index contributed by atoms with van der Waals surface area (Å²) in [5, 5.41) is 6.24. The third-order valence-electron chi connectivity index (χ3n) is 3.65. The highest BCUT2D eigenvalue weighted by molar-refractivity contribution is 7.15. The fourth-order valence-electron chi connectivity index (χ4n) is 2.60. The lowest BCUT2D eigenvalue weighted by Crippen LogP contribution is -2.22. The van der Waals surface area contributed by atoms with Crippen molar-refractivity contribution >= 4 is 27.9 Å². The monoisotopic (exact) mass is 290 g/mol. The summed E-state index contributed by atoms with van der Waals surface area (Å²) in [6.07, 6.45) is 8.76. The van der Waals surface area contributed by atoms with Gasteiger partial charge in [0.05, 0.1) is 5.69 Å². The lowest BCUT2D eigenvalue weighted by Gasteiger charge is -2.03. The first-order valence-electron chi connectivity index (χ1n) is 7.03. The molecule has 20 heavy (non-hydrogen) atoms. The van der Waals surface area contributed by atoms with Crippen LogP contribution in [0.2, 0.25) is 0 Å². The van der Waals surface area contributed by atoms with Crippen LogP contribution >= 0.6 is 11.3 Å². The zero-order chi connectivity index (χ0) is 13.9. The Morgan fingerprint density at radius 2 is 2.10 bits per heavy atom. The van der Waals surface area contributed by atoms with Gasteiger partial charge in [-0.25, -0.2) is 10.4 Å². The first-order chi connectivity index (χ1) is 9.75. The van der Waals surface area contributed by atoms with Gasteiger partial charge in [-0.2, -0.15) is 5.10 Å². The lowest BCUT2D eigenvalue weighted by molar-refractivity contribution is 0.0948. The second-order valence-electron chi connectivity index (χ2n) is 5.13. The molecule has 2 heterocycles. The fourth-order valence-corrected chi connectivity index (χ4v) is 3.36. The van der Waals surface area contributed by atoms with Gasteiger partial charge in [0.15, 0.2) is 4.96 Å². The molecule has 6 heteroatoms. The maximum absolute atomic E-state index is 12.3. The minimum atomic E-state index is -0.176. The predicted molar refractivity (Wildman–Crippen MR) is 80.4 cm³/mol. The van der Waals surface area contributed by atoms with Crippen LogP contribution in [0.15, 0.2) is 16.7 Å². The van der Waals surface area contributed by atoms with E-state index < -0.39 is 0 Å². The molecule has 1 aliphatic carbocycles. The molecule has 0 aliphatic heterocycles. The number of aromatic nitrogens is 2. The third-order valence-corrected chi connectivity index (χ3v) is 4.40. The van der Waals surface area contributed by atoms with Crippen LogP contribution in [-0.4, -0.2) is 21.0 Å². The van der Waals surface area contributed by atoms with Crippen LogP contribution in [0.3, 0.4) is 0 Å². The van der Waals surface area contributed by atoms with Crippen molar-refractivity contribution < 1.29 is 4.79 Å². The van der Waals surface area contributed by atoms with E-state index in [1.54, 1.807) is 0 Å². The Labute approximate surface area is 121 Å². The van der Waals surface area contributed by atoms with Crippen molar-refractivity contribution in [1.29, 1.82) is 0 Å². The molecule has 1 aliphatic rings. The first-order valence-corrected chi connectivity index (χ1v) is 7.91. The first kappa shape index (κ1) is 13.3. The average Bonchev–Trinajstić information content (AvgIpc) is 2.86. The number of thiazole rings is 1. The number of aryl methyl sites for hydroxylation is 1. The van der Waals surface area contributed by atoms with E-state index in [2.05, 4.69) is 15.5 Å². The number of hydrogen-bond acceptors (Lipinski definition) is 4. The van der Waals surface area contributed by atoms with Gasteiger partial charge in [0.25, 0.3) is 5.91 Å². The van der Waals surface area contributed by atoms with Crippen LogP contribution in [0, 0.1) is 6.92 Å². The highest BCUT2D eigenvalue weighted by atomic mass is 32.1. The molecular weight excluding hydrogens is 272 g/mol. The number of amides is 1. The normalized spacial score (nSPS) is 16.1. The number of nitrogens with zero attached hydrogens (tertiary/aromatic N) is 3. The Bertz CT molecular complexity index is 645. The summed E-state index contributed by atoms with van der Waals surface area (Å²) in [6, 6.07) is 0. The van der Waals surface area contributed by atoms with E-state index in [0.29, 0.717) is 5.69 Å². The fraction of sp³-hybridized carbons (Fsp3) is 0.500. The van der Waals surface area contributed by atoms with E-state index in [1.807, 2.05) is 22.9 Å². The number of carbonyl (C=O) groups is 1. The summed E-state index contributed by atoms with van der Waals surface area (Å²) in [5.41, 5.74) is 5.14. The van der Waals surface area contributed by atoms with Crippen LogP contribution in [-0.2, 0) is 0 Å². The largest absolute Gasteiger partial charge is 0.290 e. The van der Waals surface area contributed by atoms with Crippen molar-refractivity contribution in [3.63, 3.8) is 0 Å². The molecule has 0 atom stereocenters. The van der Waals surface area contributed by atoms with E-state index in [4.69, 9.17) is 0 Å². The molecule has 2 aromatic rings. The van der Waals surface area contributed by atoms with E-state index in [0.717, 1.165) is 29.2 Å². The Kier molecular flexibility index (Phi) is 3.82. The van der Waals surface area contributed by atoms with Crippen molar-refractivity contribution in [3.05, 3.63) is 23.0 Å². The summed E-state index contributed by atoms with van der Waals surface area (Å²) in [5.74, 6) is -0.176. The third kappa shape index (κ3) is 2.60. The molecule has 0 radical (unpaired) electrons. The van der Waals surface area contributed by atoms with Crippen LogP contribution in [0.1, 0.15) is 54.7 Å². The summed E-state index contributed by atoms with van der Waals surface area (Å²) in [7, 11) is 0. The van der Waals surface area contributed by atoms with E-state index >= 15 is 0 Å². The Morgan fingerprint density at radius 1 is 1.35 bits per heavy atom. The summed E-state index contributed by atoms with van der Waals surface area (Å²) in [4.78, 5) is 17.5. The minimum absolute atomic E-state index is 0.176. The van der Waals surface area contributed by atoms with Gasteiger partial charge in [-0.15, -0.1) is 11.3 Å².